The number of nitrogens with one attached hydrogen (secondary N) is 3. The number of hydrogen-bond donors (Lipinski definition) is 10. The van der Waals surface area contributed by atoms with Gasteiger partial charge in [-0.3, -0.25) is 24.2 Å². The largest absolute Gasteiger partial charge is 0.481 e. The highest BCUT2D eigenvalue weighted by Crippen LogP contribution is 2.04. The highest BCUT2D eigenvalue weighted by molar-refractivity contribution is 7.80. The summed E-state index contributed by atoms with van der Waals surface area (Å²) in [5.41, 5.74) is 15.9. The summed E-state index contributed by atoms with van der Waals surface area (Å²) in [6.07, 6.45) is -1.88. The van der Waals surface area contributed by atoms with Gasteiger partial charge in [0.15, 0.2) is 5.96 Å². The molecular formula is C18H33N7O8S. The molecule has 0 radical (unpaired) electrons. The Morgan fingerprint density at radius 1 is 0.912 bits per heavy atom. The summed E-state index contributed by atoms with van der Waals surface area (Å²) in [5, 5.41) is 34.5. The number of amides is 3. The highest BCUT2D eigenvalue weighted by atomic mass is 32.1. The van der Waals surface area contributed by atoms with Gasteiger partial charge in [-0.05, 0) is 26.2 Å². The zero-order chi connectivity index (χ0) is 26.4. The van der Waals surface area contributed by atoms with Gasteiger partial charge in [-0.1, -0.05) is 0 Å². The molecule has 0 rings (SSSR count). The molecule has 0 aromatic heterocycles. The number of carbonyl (C=O) groups is 5. The van der Waals surface area contributed by atoms with Crippen LogP contribution in [0, 0.1) is 0 Å². The Bertz CT molecular complexity index is 761. The van der Waals surface area contributed by atoms with Crippen molar-refractivity contribution in [1.29, 1.82) is 0 Å². The number of carboxylic acid groups (broad SMARTS) is 2. The number of aliphatic hydroxyl groups excluding tert-OH is 1. The molecule has 194 valence electrons. The maximum atomic E-state index is 12.7. The van der Waals surface area contributed by atoms with Crippen molar-refractivity contribution in [3.05, 3.63) is 0 Å². The predicted octanol–water partition coefficient (Wildman–Crippen LogP) is -3.92. The number of guanidine groups is 1. The van der Waals surface area contributed by atoms with E-state index in [1.165, 1.54) is 6.92 Å². The number of carboxylic acids is 2. The number of aliphatic carboxylic acids is 2. The molecule has 5 atom stereocenters. The van der Waals surface area contributed by atoms with E-state index in [2.05, 4.69) is 33.6 Å². The van der Waals surface area contributed by atoms with Gasteiger partial charge in [0.1, 0.15) is 24.2 Å². The molecule has 0 aliphatic carbocycles. The first-order valence-corrected chi connectivity index (χ1v) is 10.9. The maximum Gasteiger partial charge on any atom is 0.326 e. The lowest BCUT2D eigenvalue weighted by molar-refractivity contribution is -0.143. The van der Waals surface area contributed by atoms with Crippen molar-refractivity contribution in [3.63, 3.8) is 0 Å². The third kappa shape index (κ3) is 12.2. The Balaban J connectivity index is 5.33. The van der Waals surface area contributed by atoms with Crippen molar-refractivity contribution in [3.8, 4) is 0 Å². The minimum absolute atomic E-state index is 0.0377. The number of nitrogens with zero attached hydrogens (tertiary/aromatic N) is 1. The van der Waals surface area contributed by atoms with Crippen molar-refractivity contribution in [2.75, 3.05) is 12.3 Å². The molecule has 3 amide bonds. The summed E-state index contributed by atoms with van der Waals surface area (Å²) in [6, 6.07) is -5.37. The van der Waals surface area contributed by atoms with Gasteiger partial charge >= 0.3 is 11.9 Å². The monoisotopic (exact) mass is 507 g/mol. The van der Waals surface area contributed by atoms with E-state index in [0.29, 0.717) is 0 Å². The fraction of sp³-hybridized carbons (Fsp3) is 0.667. The zero-order valence-corrected chi connectivity index (χ0v) is 19.5. The Labute approximate surface area is 201 Å². The molecule has 0 fully saturated rings. The lowest BCUT2D eigenvalue weighted by atomic mass is 10.1. The fourth-order valence-corrected chi connectivity index (χ4v) is 2.78. The van der Waals surface area contributed by atoms with Crippen LogP contribution in [0.2, 0.25) is 0 Å². The zero-order valence-electron chi connectivity index (χ0n) is 18.6. The van der Waals surface area contributed by atoms with E-state index in [1.54, 1.807) is 0 Å². The molecule has 34 heavy (non-hydrogen) atoms. The van der Waals surface area contributed by atoms with E-state index in [1.807, 2.05) is 0 Å². The number of carbonyl (C=O) groups excluding carboxylic acids is 3. The lowest BCUT2D eigenvalue weighted by Crippen LogP contribution is -2.58. The Hall–Kier alpha value is -3.11. The smallest absolute Gasteiger partial charge is 0.326 e. The minimum Gasteiger partial charge on any atom is -0.481 e. The molecule has 0 aromatic rings. The second-order valence-electron chi connectivity index (χ2n) is 7.35. The van der Waals surface area contributed by atoms with Crippen LogP contribution in [0.1, 0.15) is 32.6 Å². The number of nitrogens with two attached hydrogens (primary N) is 3. The molecule has 0 spiro atoms. The van der Waals surface area contributed by atoms with Gasteiger partial charge in [-0.25, -0.2) is 4.79 Å². The second-order valence-corrected chi connectivity index (χ2v) is 7.72. The molecule has 0 saturated carbocycles. The maximum absolute atomic E-state index is 12.7. The van der Waals surface area contributed by atoms with Gasteiger partial charge in [0.2, 0.25) is 17.7 Å². The van der Waals surface area contributed by atoms with Gasteiger partial charge in [0.25, 0.3) is 0 Å². The van der Waals surface area contributed by atoms with E-state index in [0.717, 1.165) is 0 Å². The summed E-state index contributed by atoms with van der Waals surface area (Å²) in [7, 11) is 0. The summed E-state index contributed by atoms with van der Waals surface area (Å²) in [4.78, 5) is 63.5. The van der Waals surface area contributed by atoms with E-state index >= 15 is 0 Å². The van der Waals surface area contributed by atoms with Crippen LogP contribution in [0.5, 0.6) is 0 Å². The van der Waals surface area contributed by atoms with Crippen LogP contribution in [0.3, 0.4) is 0 Å². The van der Waals surface area contributed by atoms with Crippen LogP contribution < -0.4 is 33.2 Å². The van der Waals surface area contributed by atoms with Gasteiger partial charge in [-0.15, -0.1) is 0 Å². The topological polar surface area (TPSA) is 273 Å². The summed E-state index contributed by atoms with van der Waals surface area (Å²) < 4.78 is 0. The predicted molar refractivity (Wildman–Crippen MR) is 124 cm³/mol. The second kappa shape index (κ2) is 15.7. The van der Waals surface area contributed by atoms with Gasteiger partial charge in [0.05, 0.1) is 6.10 Å². The molecule has 12 N–H and O–H groups in total. The fourth-order valence-electron chi connectivity index (χ4n) is 2.52. The molecule has 16 heteroatoms. The number of aliphatic imine (C=N–C) groups is 1. The third-order valence-corrected chi connectivity index (χ3v) is 4.84. The van der Waals surface area contributed by atoms with E-state index in [9.17, 15) is 34.2 Å². The molecule has 5 unspecified atom stereocenters. The standard InChI is InChI=1S/C18H33N7O8S/c1-8(26)13(19)16(31)25-11(7-34)15(30)23-9(4-5-12(27)28)14(29)24-10(17(32)33)3-2-6-22-18(20)21/h8-11,13,26,34H,2-7,19H2,1H3,(H,23,30)(H,24,29)(H,25,31)(H,27,28)(H,32,33)(H4,20,21,22). The summed E-state index contributed by atoms with van der Waals surface area (Å²) in [6.45, 7) is 1.40. The number of hydrogen-bond acceptors (Lipinski definition) is 9. The Kier molecular flexibility index (Phi) is 14.2. The number of rotatable bonds is 16. The SMILES string of the molecule is CC(O)C(N)C(=O)NC(CS)C(=O)NC(CCC(=O)O)C(=O)NC(CCCN=C(N)N)C(=O)O. The average Bonchev–Trinajstić information content (AvgIpc) is 2.75. The summed E-state index contributed by atoms with van der Waals surface area (Å²) >= 11 is 3.97. The molecule has 15 nitrogen and oxygen atoms in total. The van der Waals surface area contributed by atoms with Gasteiger partial charge in [-0.2, -0.15) is 12.6 Å². The van der Waals surface area contributed by atoms with Crippen LogP contribution in [0.15, 0.2) is 4.99 Å². The van der Waals surface area contributed by atoms with Crippen LogP contribution in [0.25, 0.3) is 0 Å². The van der Waals surface area contributed by atoms with Crippen LogP contribution in [0.4, 0.5) is 0 Å². The van der Waals surface area contributed by atoms with Crippen LogP contribution >= 0.6 is 12.6 Å². The molecule has 0 aliphatic heterocycles. The van der Waals surface area contributed by atoms with E-state index in [-0.39, 0.29) is 37.5 Å². The Morgan fingerprint density at radius 3 is 1.91 bits per heavy atom. The van der Waals surface area contributed by atoms with Gasteiger partial charge in [0, 0.05) is 18.7 Å². The average molecular weight is 508 g/mol. The first kappa shape index (κ1) is 30.9. The molecule has 0 bridgehead atoms. The van der Waals surface area contributed by atoms with Crippen molar-refractivity contribution in [2.45, 2.75) is 62.9 Å². The molecule has 0 aromatic carbocycles. The molecule has 0 aliphatic rings. The normalized spacial score (nSPS) is 15.1. The van der Waals surface area contributed by atoms with Crippen molar-refractivity contribution < 1.29 is 39.3 Å². The van der Waals surface area contributed by atoms with Crippen molar-refractivity contribution >= 4 is 48.2 Å². The van der Waals surface area contributed by atoms with E-state index in [4.69, 9.17) is 22.3 Å². The van der Waals surface area contributed by atoms with Crippen LogP contribution in [-0.4, -0.2) is 93.5 Å². The first-order chi connectivity index (χ1) is 15.8. The van der Waals surface area contributed by atoms with E-state index < -0.39 is 66.4 Å². The quantitative estimate of drug-likeness (QED) is 0.0417. The Morgan fingerprint density at radius 2 is 1.44 bits per heavy atom. The number of thiol groups is 1. The third-order valence-electron chi connectivity index (χ3n) is 4.48. The first-order valence-electron chi connectivity index (χ1n) is 10.3. The molecular weight excluding hydrogens is 474 g/mol. The minimum atomic E-state index is -1.42. The molecule has 0 heterocycles. The van der Waals surface area contributed by atoms with Crippen LogP contribution in [-0.2, 0) is 24.0 Å². The summed E-state index contributed by atoms with van der Waals surface area (Å²) in [5.74, 6) is -5.65. The lowest BCUT2D eigenvalue weighted by Gasteiger charge is -2.24. The van der Waals surface area contributed by atoms with Crippen molar-refractivity contribution in [1.82, 2.24) is 16.0 Å². The number of aliphatic hydroxyl groups is 1. The van der Waals surface area contributed by atoms with Crippen molar-refractivity contribution in [2.24, 2.45) is 22.2 Å². The molecule has 0 saturated heterocycles. The highest BCUT2D eigenvalue weighted by Gasteiger charge is 2.30. The van der Waals surface area contributed by atoms with Gasteiger partial charge < -0.3 is 48.5 Å².